The molecule has 0 bridgehead atoms. The molecule has 2 heterocycles. The number of aryl methyl sites for hydroxylation is 1. The predicted molar refractivity (Wildman–Crippen MR) is 91.7 cm³/mol. The molecule has 2 aromatic rings. The predicted octanol–water partition coefficient (Wildman–Crippen LogP) is -0.173. The fourth-order valence-corrected chi connectivity index (χ4v) is 3.31. The molecule has 2 N–H and O–H groups in total. The molecule has 2 rings (SSSR count). The van der Waals surface area contributed by atoms with Gasteiger partial charge >= 0.3 is 5.97 Å². The summed E-state index contributed by atoms with van der Waals surface area (Å²) in [6, 6.07) is 0. The molecule has 0 spiro atoms. The van der Waals surface area contributed by atoms with Crippen LogP contribution in [0.5, 0.6) is 0 Å². The number of ether oxygens (including phenoxy) is 1. The van der Waals surface area contributed by atoms with Gasteiger partial charge in [-0.3, -0.25) is 14.4 Å². The van der Waals surface area contributed by atoms with E-state index in [9.17, 15) is 19.2 Å². The zero-order valence-corrected chi connectivity index (χ0v) is 15.1. The van der Waals surface area contributed by atoms with E-state index in [1.807, 2.05) is 0 Å². The third-order valence-electron chi connectivity index (χ3n) is 3.42. The third kappa shape index (κ3) is 4.02. The minimum absolute atomic E-state index is 0.148. The highest BCUT2D eigenvalue weighted by Crippen LogP contribution is 2.28. The molecule has 0 aliphatic rings. The van der Waals surface area contributed by atoms with Crippen molar-refractivity contribution in [3.63, 3.8) is 0 Å². The Morgan fingerprint density at radius 3 is 2.60 bits per heavy atom. The van der Waals surface area contributed by atoms with Gasteiger partial charge in [0.15, 0.2) is 0 Å². The van der Waals surface area contributed by atoms with Gasteiger partial charge in [0.1, 0.15) is 15.5 Å². The van der Waals surface area contributed by atoms with Gasteiger partial charge in [0.05, 0.1) is 25.5 Å². The Morgan fingerprint density at radius 1 is 1.32 bits per heavy atom. The van der Waals surface area contributed by atoms with Gasteiger partial charge < -0.3 is 19.9 Å². The van der Waals surface area contributed by atoms with Crippen molar-refractivity contribution >= 4 is 39.3 Å². The van der Waals surface area contributed by atoms with Crippen molar-refractivity contribution in [2.75, 3.05) is 27.7 Å². The Labute approximate surface area is 147 Å². The maximum Gasteiger partial charge on any atom is 0.348 e. The van der Waals surface area contributed by atoms with E-state index < -0.39 is 17.4 Å². The highest BCUT2D eigenvalue weighted by atomic mass is 32.1. The quantitative estimate of drug-likeness (QED) is 0.709. The molecular weight excluding hydrogens is 348 g/mol. The Hall–Kier alpha value is -2.75. The first-order valence-corrected chi connectivity index (χ1v) is 8.13. The van der Waals surface area contributed by atoms with Crippen LogP contribution in [0.25, 0.3) is 10.2 Å². The molecule has 10 heteroatoms. The van der Waals surface area contributed by atoms with E-state index in [0.29, 0.717) is 10.7 Å². The second-order valence-corrected chi connectivity index (χ2v) is 6.47. The van der Waals surface area contributed by atoms with Gasteiger partial charge in [-0.05, 0) is 6.92 Å². The summed E-state index contributed by atoms with van der Waals surface area (Å²) in [4.78, 5) is 56.6. The number of amides is 2. The van der Waals surface area contributed by atoms with Gasteiger partial charge in [-0.25, -0.2) is 9.78 Å². The van der Waals surface area contributed by atoms with Crippen LogP contribution < -0.4 is 10.9 Å². The Balaban J connectivity index is 2.38. The Morgan fingerprint density at radius 2 is 2.00 bits per heavy atom. The van der Waals surface area contributed by atoms with Crippen LogP contribution in [0.2, 0.25) is 0 Å². The van der Waals surface area contributed by atoms with E-state index in [4.69, 9.17) is 4.74 Å². The fraction of sp³-hybridized carbons (Fsp3) is 0.400. The standard InChI is InChI=1S/C15H18N4O5S/c1-7-17-13(22)11-8(5-9(20)16-6-10(21)19(2)3)12(15(23)24-4)25-14(11)18-7/h5-6H2,1-4H3,(H,16,20)(H,17,18,22). The number of thiophene rings is 1. The summed E-state index contributed by atoms with van der Waals surface area (Å²) in [6.07, 6.45) is -0.237. The van der Waals surface area contributed by atoms with E-state index in [0.717, 1.165) is 11.3 Å². The maximum absolute atomic E-state index is 12.2. The second-order valence-electron chi connectivity index (χ2n) is 5.47. The van der Waals surface area contributed by atoms with E-state index in [1.54, 1.807) is 21.0 Å². The van der Waals surface area contributed by atoms with E-state index in [2.05, 4.69) is 15.3 Å². The molecule has 0 aliphatic heterocycles. The first-order valence-electron chi connectivity index (χ1n) is 7.32. The molecule has 0 aromatic carbocycles. The molecule has 0 fully saturated rings. The number of hydrogen-bond donors (Lipinski definition) is 2. The highest BCUT2D eigenvalue weighted by Gasteiger charge is 2.24. The van der Waals surface area contributed by atoms with Crippen LogP contribution in [-0.4, -0.2) is 60.4 Å². The van der Waals surface area contributed by atoms with Gasteiger partial charge in [0, 0.05) is 19.7 Å². The first-order chi connectivity index (χ1) is 11.7. The lowest BCUT2D eigenvalue weighted by Gasteiger charge is -2.11. The van der Waals surface area contributed by atoms with Crippen molar-refractivity contribution in [3.05, 3.63) is 26.6 Å². The van der Waals surface area contributed by atoms with Crippen LogP contribution in [-0.2, 0) is 20.7 Å². The highest BCUT2D eigenvalue weighted by molar-refractivity contribution is 7.20. The number of esters is 1. The summed E-state index contributed by atoms with van der Waals surface area (Å²) in [5.41, 5.74) is -0.184. The van der Waals surface area contributed by atoms with Crippen molar-refractivity contribution in [3.8, 4) is 0 Å². The topological polar surface area (TPSA) is 121 Å². The van der Waals surface area contributed by atoms with Gasteiger partial charge in [0.25, 0.3) is 5.56 Å². The number of fused-ring (bicyclic) bond motifs is 1. The molecule has 2 aromatic heterocycles. The summed E-state index contributed by atoms with van der Waals surface area (Å²) in [7, 11) is 4.36. The second kappa shape index (κ2) is 7.43. The van der Waals surface area contributed by atoms with Crippen LogP contribution >= 0.6 is 11.3 Å². The lowest BCUT2D eigenvalue weighted by atomic mass is 10.1. The van der Waals surface area contributed by atoms with Crippen LogP contribution in [0, 0.1) is 6.92 Å². The summed E-state index contributed by atoms with van der Waals surface area (Å²) >= 11 is 0.995. The number of hydrogen-bond acceptors (Lipinski definition) is 7. The molecular formula is C15H18N4O5S. The Kier molecular flexibility index (Phi) is 5.52. The number of carbonyl (C=O) groups excluding carboxylic acids is 3. The number of methoxy groups -OCH3 is 1. The average molecular weight is 366 g/mol. The number of likely N-dealkylation sites (N-methyl/N-ethyl adjacent to an activating group) is 1. The molecule has 0 radical (unpaired) electrons. The summed E-state index contributed by atoms with van der Waals surface area (Å²) in [5.74, 6) is -0.998. The monoisotopic (exact) mass is 366 g/mol. The lowest BCUT2D eigenvalue weighted by molar-refractivity contribution is -0.130. The zero-order valence-electron chi connectivity index (χ0n) is 14.3. The SMILES string of the molecule is COC(=O)c1sc2nc(C)[nH]c(=O)c2c1CC(=O)NCC(=O)N(C)C. The summed E-state index contributed by atoms with van der Waals surface area (Å²) in [5, 5.41) is 2.66. The Bertz CT molecular complexity index is 899. The number of carbonyl (C=O) groups is 3. The van der Waals surface area contributed by atoms with Gasteiger partial charge in [-0.15, -0.1) is 11.3 Å². The van der Waals surface area contributed by atoms with Gasteiger partial charge in [-0.2, -0.15) is 0 Å². The molecule has 2 amide bonds. The number of nitrogens with zero attached hydrogens (tertiary/aromatic N) is 2. The lowest BCUT2D eigenvalue weighted by Crippen LogP contribution is -2.37. The molecule has 9 nitrogen and oxygen atoms in total. The zero-order chi connectivity index (χ0) is 18.7. The van der Waals surface area contributed by atoms with E-state index in [-0.39, 0.29) is 34.7 Å². The fourth-order valence-electron chi connectivity index (χ4n) is 2.15. The van der Waals surface area contributed by atoms with Gasteiger partial charge in [0.2, 0.25) is 11.8 Å². The maximum atomic E-state index is 12.2. The van der Waals surface area contributed by atoms with Crippen molar-refractivity contribution in [1.82, 2.24) is 20.2 Å². The molecule has 0 atom stereocenters. The molecule has 134 valence electrons. The molecule has 0 saturated carbocycles. The van der Waals surface area contributed by atoms with Crippen molar-refractivity contribution in [1.29, 1.82) is 0 Å². The average Bonchev–Trinajstić information content (AvgIpc) is 2.89. The first kappa shape index (κ1) is 18.6. The van der Waals surface area contributed by atoms with Crippen LogP contribution in [0.15, 0.2) is 4.79 Å². The molecule has 0 saturated heterocycles. The summed E-state index contributed by atoms with van der Waals surface area (Å²) in [6.45, 7) is 1.45. The number of nitrogens with one attached hydrogen (secondary N) is 2. The molecule has 0 aliphatic carbocycles. The number of aromatic nitrogens is 2. The van der Waals surface area contributed by atoms with Crippen LogP contribution in [0.3, 0.4) is 0 Å². The largest absolute Gasteiger partial charge is 0.465 e. The van der Waals surface area contributed by atoms with Crippen molar-refractivity contribution in [2.24, 2.45) is 0 Å². The smallest absolute Gasteiger partial charge is 0.348 e. The van der Waals surface area contributed by atoms with Crippen LogP contribution in [0.4, 0.5) is 0 Å². The minimum atomic E-state index is -0.646. The van der Waals surface area contributed by atoms with Gasteiger partial charge in [-0.1, -0.05) is 0 Å². The van der Waals surface area contributed by atoms with Crippen molar-refractivity contribution < 1.29 is 19.1 Å². The van der Waals surface area contributed by atoms with E-state index >= 15 is 0 Å². The van der Waals surface area contributed by atoms with Crippen molar-refractivity contribution in [2.45, 2.75) is 13.3 Å². The number of H-pyrrole nitrogens is 1. The van der Waals surface area contributed by atoms with E-state index in [1.165, 1.54) is 12.0 Å². The number of rotatable bonds is 5. The number of aromatic amines is 1. The summed E-state index contributed by atoms with van der Waals surface area (Å²) < 4.78 is 4.73. The third-order valence-corrected chi connectivity index (χ3v) is 4.53. The van der Waals surface area contributed by atoms with Crippen LogP contribution in [0.1, 0.15) is 21.1 Å². The minimum Gasteiger partial charge on any atom is -0.465 e. The molecule has 25 heavy (non-hydrogen) atoms. The normalized spacial score (nSPS) is 10.6. The molecule has 0 unspecified atom stereocenters.